The standard InChI is InChI=1S/C23H30N2O2S/c1-5-20(22(27)24-23(2,3)4)25(16-18-12-8-6-9-13-18)21(26)17-28-19-14-10-7-11-15-19/h6-15,20H,5,16-17H2,1-4H3,(H,24,27)/t20-/m1/s1. The Kier molecular flexibility index (Phi) is 8.12. The van der Waals surface area contributed by atoms with E-state index >= 15 is 0 Å². The predicted octanol–water partition coefficient (Wildman–Crippen LogP) is 4.50. The van der Waals surface area contributed by atoms with Crippen molar-refractivity contribution >= 4 is 23.6 Å². The first-order valence-corrected chi connectivity index (χ1v) is 10.6. The Morgan fingerprint density at radius 2 is 1.57 bits per heavy atom. The van der Waals surface area contributed by atoms with Crippen LogP contribution in [0.5, 0.6) is 0 Å². The van der Waals surface area contributed by atoms with Crippen LogP contribution in [-0.2, 0) is 16.1 Å². The first kappa shape index (κ1) is 22.0. The molecule has 1 N–H and O–H groups in total. The summed E-state index contributed by atoms with van der Waals surface area (Å²) in [5.74, 6) is 0.161. The lowest BCUT2D eigenvalue weighted by Gasteiger charge is -2.33. The molecule has 0 bridgehead atoms. The van der Waals surface area contributed by atoms with E-state index in [0.29, 0.717) is 18.7 Å². The zero-order valence-corrected chi connectivity index (χ0v) is 18.0. The Bertz CT molecular complexity index is 757. The molecule has 2 amide bonds. The highest BCUT2D eigenvalue weighted by Gasteiger charge is 2.30. The first-order valence-electron chi connectivity index (χ1n) is 9.63. The fourth-order valence-electron chi connectivity index (χ4n) is 2.90. The van der Waals surface area contributed by atoms with Gasteiger partial charge >= 0.3 is 0 Å². The van der Waals surface area contributed by atoms with Crippen LogP contribution in [0.2, 0.25) is 0 Å². The van der Waals surface area contributed by atoms with Gasteiger partial charge in [-0.1, -0.05) is 55.5 Å². The van der Waals surface area contributed by atoms with Gasteiger partial charge in [-0.2, -0.15) is 0 Å². The topological polar surface area (TPSA) is 49.4 Å². The molecule has 150 valence electrons. The SMILES string of the molecule is CC[C@H](C(=O)NC(C)(C)C)N(Cc1ccccc1)C(=O)CSc1ccccc1. The van der Waals surface area contributed by atoms with Gasteiger partial charge in [-0.3, -0.25) is 9.59 Å². The molecule has 0 spiro atoms. The summed E-state index contributed by atoms with van der Waals surface area (Å²) in [6.45, 7) is 8.22. The number of amides is 2. The fourth-order valence-corrected chi connectivity index (χ4v) is 3.70. The number of carbonyl (C=O) groups is 2. The van der Waals surface area contributed by atoms with E-state index in [-0.39, 0.29) is 17.4 Å². The average molecular weight is 399 g/mol. The Hall–Kier alpha value is -2.27. The second kappa shape index (κ2) is 10.3. The maximum absolute atomic E-state index is 13.1. The molecule has 0 radical (unpaired) electrons. The molecule has 0 aliphatic carbocycles. The van der Waals surface area contributed by atoms with E-state index in [1.165, 1.54) is 11.8 Å². The van der Waals surface area contributed by atoms with Gasteiger partial charge in [0.25, 0.3) is 0 Å². The summed E-state index contributed by atoms with van der Waals surface area (Å²) in [7, 11) is 0. The van der Waals surface area contributed by atoms with Crippen LogP contribution in [0.25, 0.3) is 0 Å². The summed E-state index contributed by atoms with van der Waals surface area (Å²) in [5, 5.41) is 3.03. The molecular formula is C23H30N2O2S. The molecule has 0 saturated carbocycles. The highest BCUT2D eigenvalue weighted by molar-refractivity contribution is 8.00. The molecule has 1 atom stereocenters. The van der Waals surface area contributed by atoms with Crippen molar-refractivity contribution < 1.29 is 9.59 Å². The number of thioether (sulfide) groups is 1. The minimum absolute atomic E-state index is 0.0337. The van der Waals surface area contributed by atoms with Crippen molar-refractivity contribution in [3.8, 4) is 0 Å². The van der Waals surface area contributed by atoms with Gasteiger partial charge in [0, 0.05) is 17.0 Å². The molecule has 0 aliphatic rings. The summed E-state index contributed by atoms with van der Waals surface area (Å²) >= 11 is 1.50. The summed E-state index contributed by atoms with van der Waals surface area (Å²) in [6, 6.07) is 19.2. The fraction of sp³-hybridized carbons (Fsp3) is 0.391. The quantitative estimate of drug-likeness (QED) is 0.666. The molecule has 0 fully saturated rings. The molecule has 2 rings (SSSR count). The molecule has 4 nitrogen and oxygen atoms in total. The zero-order valence-electron chi connectivity index (χ0n) is 17.1. The number of nitrogens with zero attached hydrogens (tertiary/aromatic N) is 1. The highest BCUT2D eigenvalue weighted by atomic mass is 32.2. The molecule has 2 aromatic rings. The van der Waals surface area contributed by atoms with Gasteiger partial charge in [0.05, 0.1) is 5.75 Å². The third kappa shape index (κ3) is 7.04. The van der Waals surface area contributed by atoms with Crippen molar-refractivity contribution in [3.05, 3.63) is 66.2 Å². The third-order valence-corrected chi connectivity index (χ3v) is 5.18. The summed E-state index contributed by atoms with van der Waals surface area (Å²) in [4.78, 5) is 28.8. The van der Waals surface area contributed by atoms with Gasteiger partial charge in [0.2, 0.25) is 11.8 Å². The van der Waals surface area contributed by atoms with Crippen LogP contribution in [0.1, 0.15) is 39.7 Å². The van der Waals surface area contributed by atoms with Crippen molar-refractivity contribution in [2.75, 3.05) is 5.75 Å². The third-order valence-electron chi connectivity index (χ3n) is 4.19. The molecule has 2 aromatic carbocycles. The van der Waals surface area contributed by atoms with Crippen LogP contribution >= 0.6 is 11.8 Å². The van der Waals surface area contributed by atoms with Gasteiger partial charge < -0.3 is 10.2 Å². The smallest absolute Gasteiger partial charge is 0.243 e. The maximum Gasteiger partial charge on any atom is 0.243 e. The Labute approximate surface area is 172 Å². The van der Waals surface area contributed by atoms with Crippen LogP contribution in [0, 0.1) is 0 Å². The van der Waals surface area contributed by atoms with E-state index in [1.54, 1.807) is 4.90 Å². The van der Waals surface area contributed by atoms with E-state index in [4.69, 9.17) is 0 Å². The number of rotatable bonds is 8. The van der Waals surface area contributed by atoms with E-state index in [0.717, 1.165) is 10.5 Å². The Balaban J connectivity index is 2.19. The van der Waals surface area contributed by atoms with Crippen molar-refractivity contribution in [2.24, 2.45) is 0 Å². The normalized spacial score (nSPS) is 12.3. The van der Waals surface area contributed by atoms with E-state index in [9.17, 15) is 9.59 Å². The van der Waals surface area contributed by atoms with Crippen LogP contribution < -0.4 is 5.32 Å². The van der Waals surface area contributed by atoms with Crippen LogP contribution in [0.4, 0.5) is 0 Å². The molecule has 0 aromatic heterocycles. The predicted molar refractivity (Wildman–Crippen MR) is 116 cm³/mol. The molecule has 28 heavy (non-hydrogen) atoms. The van der Waals surface area contributed by atoms with E-state index < -0.39 is 6.04 Å². The minimum Gasteiger partial charge on any atom is -0.350 e. The highest BCUT2D eigenvalue weighted by Crippen LogP contribution is 2.20. The van der Waals surface area contributed by atoms with Gasteiger partial charge in [-0.25, -0.2) is 0 Å². The molecular weight excluding hydrogens is 368 g/mol. The number of hydrogen-bond acceptors (Lipinski definition) is 3. The maximum atomic E-state index is 13.1. The first-order chi connectivity index (χ1) is 13.3. The van der Waals surface area contributed by atoms with E-state index in [2.05, 4.69) is 5.32 Å². The summed E-state index contributed by atoms with van der Waals surface area (Å²) in [6.07, 6.45) is 0.566. The Morgan fingerprint density at radius 1 is 1.00 bits per heavy atom. The van der Waals surface area contributed by atoms with Gasteiger partial charge in [-0.05, 0) is 44.9 Å². The largest absolute Gasteiger partial charge is 0.350 e. The van der Waals surface area contributed by atoms with Crippen molar-refractivity contribution in [1.29, 1.82) is 0 Å². The lowest BCUT2D eigenvalue weighted by atomic mass is 10.1. The van der Waals surface area contributed by atoms with Crippen LogP contribution in [0.15, 0.2) is 65.6 Å². The van der Waals surface area contributed by atoms with Crippen molar-refractivity contribution in [1.82, 2.24) is 10.2 Å². The number of carbonyl (C=O) groups excluding carboxylic acids is 2. The zero-order chi connectivity index (χ0) is 20.6. The second-order valence-electron chi connectivity index (χ2n) is 7.77. The van der Waals surface area contributed by atoms with Gasteiger partial charge in [0.1, 0.15) is 6.04 Å². The summed E-state index contributed by atoms with van der Waals surface area (Å²) in [5.41, 5.74) is 0.674. The second-order valence-corrected chi connectivity index (χ2v) is 8.82. The van der Waals surface area contributed by atoms with Gasteiger partial charge in [-0.15, -0.1) is 11.8 Å². The molecule has 0 saturated heterocycles. The van der Waals surface area contributed by atoms with Gasteiger partial charge in [0.15, 0.2) is 0 Å². The molecule has 0 aliphatic heterocycles. The molecule has 0 unspecified atom stereocenters. The van der Waals surface area contributed by atoms with E-state index in [1.807, 2.05) is 88.4 Å². The monoisotopic (exact) mass is 398 g/mol. The summed E-state index contributed by atoms with van der Waals surface area (Å²) < 4.78 is 0. The lowest BCUT2D eigenvalue weighted by Crippen LogP contribution is -2.53. The average Bonchev–Trinajstić information content (AvgIpc) is 2.66. The number of benzene rings is 2. The molecule has 5 heteroatoms. The Morgan fingerprint density at radius 3 is 2.11 bits per heavy atom. The van der Waals surface area contributed by atoms with Crippen molar-refractivity contribution in [2.45, 2.75) is 57.1 Å². The lowest BCUT2D eigenvalue weighted by molar-refractivity contribution is -0.140. The molecule has 0 heterocycles. The van der Waals surface area contributed by atoms with Crippen LogP contribution in [-0.4, -0.2) is 34.0 Å². The number of nitrogens with one attached hydrogen (secondary N) is 1. The minimum atomic E-state index is -0.497. The number of hydrogen-bond donors (Lipinski definition) is 1. The van der Waals surface area contributed by atoms with Crippen LogP contribution in [0.3, 0.4) is 0 Å². The van der Waals surface area contributed by atoms with Crippen molar-refractivity contribution in [3.63, 3.8) is 0 Å².